The number of carbonyl (C=O) groups is 1. The van der Waals surface area contributed by atoms with Gasteiger partial charge in [0.2, 0.25) is 0 Å². The SMILES string of the molecule is CN(C)CCN1CCN(c2nc(C(=O)O)cs2)CC1. The number of nitrogens with zero attached hydrogens (tertiary/aromatic N) is 4. The van der Waals surface area contributed by atoms with Crippen LogP contribution in [0.4, 0.5) is 5.13 Å². The molecular formula is C12H20N4O2S. The molecule has 0 aromatic carbocycles. The van der Waals surface area contributed by atoms with Gasteiger partial charge in [0.1, 0.15) is 0 Å². The van der Waals surface area contributed by atoms with Gasteiger partial charge in [-0.05, 0) is 14.1 Å². The maximum atomic E-state index is 10.8. The molecule has 7 heteroatoms. The van der Waals surface area contributed by atoms with Crippen LogP contribution in [0.15, 0.2) is 5.38 Å². The van der Waals surface area contributed by atoms with Gasteiger partial charge in [0.25, 0.3) is 0 Å². The fourth-order valence-corrected chi connectivity index (χ4v) is 2.87. The molecule has 1 aliphatic rings. The Morgan fingerprint density at radius 2 is 2.11 bits per heavy atom. The molecule has 6 nitrogen and oxygen atoms in total. The van der Waals surface area contributed by atoms with Crippen molar-refractivity contribution in [2.24, 2.45) is 0 Å². The zero-order valence-electron chi connectivity index (χ0n) is 11.4. The smallest absolute Gasteiger partial charge is 0.355 e. The van der Waals surface area contributed by atoms with Gasteiger partial charge < -0.3 is 14.9 Å². The van der Waals surface area contributed by atoms with Gasteiger partial charge in [-0.3, -0.25) is 4.90 Å². The number of piperazine rings is 1. The summed E-state index contributed by atoms with van der Waals surface area (Å²) >= 11 is 1.41. The van der Waals surface area contributed by atoms with E-state index in [1.807, 2.05) is 0 Å². The molecule has 1 aromatic heterocycles. The van der Waals surface area contributed by atoms with Crippen molar-refractivity contribution in [1.82, 2.24) is 14.8 Å². The first-order chi connectivity index (χ1) is 9.06. The van der Waals surface area contributed by atoms with Crippen LogP contribution in [0.25, 0.3) is 0 Å². The molecule has 0 spiro atoms. The van der Waals surface area contributed by atoms with E-state index in [9.17, 15) is 4.79 Å². The highest BCUT2D eigenvalue weighted by atomic mass is 32.1. The van der Waals surface area contributed by atoms with Crippen molar-refractivity contribution in [1.29, 1.82) is 0 Å². The van der Waals surface area contributed by atoms with Gasteiger partial charge in [0.05, 0.1) is 0 Å². The number of carboxylic acid groups (broad SMARTS) is 1. The minimum absolute atomic E-state index is 0.148. The van der Waals surface area contributed by atoms with E-state index in [1.165, 1.54) is 11.3 Å². The van der Waals surface area contributed by atoms with Crippen molar-refractivity contribution in [3.63, 3.8) is 0 Å². The van der Waals surface area contributed by atoms with Gasteiger partial charge in [0, 0.05) is 44.6 Å². The van der Waals surface area contributed by atoms with Crippen LogP contribution >= 0.6 is 11.3 Å². The van der Waals surface area contributed by atoms with Crippen LogP contribution in [0.2, 0.25) is 0 Å². The lowest BCUT2D eigenvalue weighted by Crippen LogP contribution is -2.48. The average molecular weight is 284 g/mol. The summed E-state index contributed by atoms with van der Waals surface area (Å²) in [5.74, 6) is -0.952. The molecule has 1 N–H and O–H groups in total. The molecule has 1 saturated heterocycles. The molecule has 106 valence electrons. The van der Waals surface area contributed by atoms with Gasteiger partial charge >= 0.3 is 5.97 Å². The molecule has 2 rings (SSSR count). The fourth-order valence-electron chi connectivity index (χ4n) is 2.01. The Kier molecular flexibility index (Phi) is 4.73. The van der Waals surface area contributed by atoms with Crippen molar-refractivity contribution in [3.05, 3.63) is 11.1 Å². The second-order valence-electron chi connectivity index (χ2n) is 4.95. The Morgan fingerprint density at radius 3 is 2.63 bits per heavy atom. The third-order valence-electron chi connectivity index (χ3n) is 3.22. The summed E-state index contributed by atoms with van der Waals surface area (Å²) in [7, 11) is 4.17. The zero-order chi connectivity index (χ0) is 13.8. The number of anilines is 1. The van der Waals surface area contributed by atoms with Crippen LogP contribution in [0, 0.1) is 0 Å². The van der Waals surface area contributed by atoms with Crippen molar-refractivity contribution in [3.8, 4) is 0 Å². The molecule has 2 heterocycles. The summed E-state index contributed by atoms with van der Waals surface area (Å²) < 4.78 is 0. The summed E-state index contributed by atoms with van der Waals surface area (Å²) in [6, 6.07) is 0. The Hall–Kier alpha value is -1.18. The highest BCUT2D eigenvalue weighted by molar-refractivity contribution is 7.13. The Balaban J connectivity index is 1.83. The van der Waals surface area contributed by atoms with Crippen molar-refractivity contribution < 1.29 is 9.90 Å². The maximum Gasteiger partial charge on any atom is 0.355 e. The van der Waals surface area contributed by atoms with Gasteiger partial charge in [-0.25, -0.2) is 9.78 Å². The topological polar surface area (TPSA) is 59.9 Å². The number of likely N-dealkylation sites (N-methyl/N-ethyl adjacent to an activating group) is 1. The largest absolute Gasteiger partial charge is 0.476 e. The Bertz CT molecular complexity index is 427. The molecular weight excluding hydrogens is 264 g/mol. The number of aromatic nitrogens is 1. The number of hydrogen-bond donors (Lipinski definition) is 1. The minimum atomic E-state index is -0.952. The third-order valence-corrected chi connectivity index (χ3v) is 4.12. The lowest BCUT2D eigenvalue weighted by Gasteiger charge is -2.35. The first-order valence-corrected chi connectivity index (χ1v) is 7.25. The Labute approximate surface area is 117 Å². The molecule has 0 aliphatic carbocycles. The van der Waals surface area contributed by atoms with Gasteiger partial charge in [-0.15, -0.1) is 11.3 Å². The van der Waals surface area contributed by atoms with Crippen molar-refractivity contribution in [2.75, 3.05) is 58.3 Å². The molecule has 1 fully saturated rings. The minimum Gasteiger partial charge on any atom is -0.476 e. The van der Waals surface area contributed by atoms with Crippen molar-refractivity contribution in [2.45, 2.75) is 0 Å². The summed E-state index contributed by atoms with van der Waals surface area (Å²) in [6.45, 7) is 6.01. The second kappa shape index (κ2) is 6.31. The zero-order valence-corrected chi connectivity index (χ0v) is 12.2. The molecule has 1 aliphatic heterocycles. The van der Waals surface area contributed by atoms with Gasteiger partial charge in [-0.1, -0.05) is 0 Å². The lowest BCUT2D eigenvalue weighted by atomic mass is 10.3. The average Bonchev–Trinajstić information content (AvgIpc) is 2.86. The van der Waals surface area contributed by atoms with Crippen LogP contribution in [-0.4, -0.2) is 79.2 Å². The van der Waals surface area contributed by atoms with Crippen LogP contribution in [0.3, 0.4) is 0 Å². The van der Waals surface area contributed by atoms with E-state index in [2.05, 4.69) is 33.8 Å². The molecule has 19 heavy (non-hydrogen) atoms. The highest BCUT2D eigenvalue weighted by Crippen LogP contribution is 2.21. The monoisotopic (exact) mass is 284 g/mol. The number of aromatic carboxylic acids is 1. The summed E-state index contributed by atoms with van der Waals surface area (Å²) in [5, 5.41) is 11.3. The number of thiazole rings is 1. The summed E-state index contributed by atoms with van der Waals surface area (Å²) in [6.07, 6.45) is 0. The van der Waals surface area contributed by atoms with Crippen LogP contribution in [0.5, 0.6) is 0 Å². The van der Waals surface area contributed by atoms with Crippen LogP contribution < -0.4 is 4.90 Å². The predicted octanol–water partition coefficient (Wildman–Crippen LogP) is 0.525. The van der Waals surface area contributed by atoms with E-state index in [4.69, 9.17) is 5.11 Å². The second-order valence-corrected chi connectivity index (χ2v) is 5.79. The highest BCUT2D eigenvalue weighted by Gasteiger charge is 2.20. The first-order valence-electron chi connectivity index (χ1n) is 6.37. The molecule has 0 radical (unpaired) electrons. The van der Waals surface area contributed by atoms with Crippen molar-refractivity contribution >= 4 is 22.4 Å². The van der Waals surface area contributed by atoms with E-state index < -0.39 is 5.97 Å². The molecule has 1 aromatic rings. The molecule has 0 bridgehead atoms. The standard InChI is InChI=1S/C12H20N4O2S/c1-14(2)3-4-15-5-7-16(8-6-15)12-13-10(9-19-12)11(17)18/h9H,3-8H2,1-2H3,(H,17,18). The number of carboxylic acids is 1. The van der Waals surface area contributed by atoms with E-state index >= 15 is 0 Å². The van der Waals surface area contributed by atoms with Gasteiger partial charge in [-0.2, -0.15) is 0 Å². The van der Waals surface area contributed by atoms with E-state index in [1.54, 1.807) is 5.38 Å². The van der Waals surface area contributed by atoms with Crippen LogP contribution in [-0.2, 0) is 0 Å². The van der Waals surface area contributed by atoms with Crippen LogP contribution in [0.1, 0.15) is 10.5 Å². The summed E-state index contributed by atoms with van der Waals surface area (Å²) in [5.41, 5.74) is 0.148. The lowest BCUT2D eigenvalue weighted by molar-refractivity contribution is 0.0691. The third kappa shape index (κ3) is 3.89. The normalized spacial score (nSPS) is 17.1. The maximum absolute atomic E-state index is 10.8. The molecule has 0 unspecified atom stereocenters. The molecule has 0 atom stereocenters. The first kappa shape index (κ1) is 14.2. The quantitative estimate of drug-likeness (QED) is 0.851. The predicted molar refractivity (Wildman–Crippen MR) is 76.3 cm³/mol. The van der Waals surface area contributed by atoms with E-state index in [-0.39, 0.29) is 5.69 Å². The number of hydrogen-bond acceptors (Lipinski definition) is 6. The van der Waals surface area contributed by atoms with E-state index in [0.717, 1.165) is 44.4 Å². The molecule has 0 saturated carbocycles. The summed E-state index contributed by atoms with van der Waals surface area (Å²) in [4.78, 5) is 21.8. The Morgan fingerprint density at radius 1 is 1.42 bits per heavy atom. The molecule has 0 amide bonds. The van der Waals surface area contributed by atoms with Gasteiger partial charge in [0.15, 0.2) is 10.8 Å². The number of rotatable bonds is 5. The van der Waals surface area contributed by atoms with E-state index in [0.29, 0.717) is 0 Å². The fraction of sp³-hybridized carbons (Fsp3) is 0.667.